The van der Waals surface area contributed by atoms with Crippen LogP contribution >= 0.6 is 11.6 Å². The molecule has 1 fully saturated rings. The molecule has 196 valence electrons. The Bertz CT molecular complexity index is 1190. The van der Waals surface area contributed by atoms with E-state index < -0.39 is 17.6 Å². The van der Waals surface area contributed by atoms with Gasteiger partial charge in [-0.2, -0.15) is 0 Å². The summed E-state index contributed by atoms with van der Waals surface area (Å²) >= 11 is 5.92. The fourth-order valence-electron chi connectivity index (χ4n) is 5.02. The van der Waals surface area contributed by atoms with Gasteiger partial charge in [-0.15, -0.1) is 0 Å². The molecular formula is C27H31ClFN5O3. The summed E-state index contributed by atoms with van der Waals surface area (Å²) in [5, 5.41) is 12.0. The van der Waals surface area contributed by atoms with Gasteiger partial charge in [0.1, 0.15) is 5.82 Å². The van der Waals surface area contributed by atoms with Crippen molar-refractivity contribution in [3.63, 3.8) is 0 Å². The van der Waals surface area contributed by atoms with Gasteiger partial charge in [0.05, 0.1) is 35.1 Å². The summed E-state index contributed by atoms with van der Waals surface area (Å²) < 4.78 is 21.0. The summed E-state index contributed by atoms with van der Waals surface area (Å²) in [5.41, 5.74) is 0.0541. The molecule has 1 aromatic heterocycles. The zero-order valence-corrected chi connectivity index (χ0v) is 21.7. The lowest BCUT2D eigenvalue weighted by molar-refractivity contribution is -0.0330. The average molecular weight is 528 g/mol. The van der Waals surface area contributed by atoms with Gasteiger partial charge >= 0.3 is 0 Å². The number of ether oxygens (including phenoxy) is 1. The quantitative estimate of drug-likeness (QED) is 0.490. The summed E-state index contributed by atoms with van der Waals surface area (Å²) in [4.78, 5) is 29.2. The minimum Gasteiger partial charge on any atom is -0.385 e. The topological polar surface area (TPSA) is 90.6 Å². The second-order valence-corrected chi connectivity index (χ2v) is 9.88. The number of piperidine rings is 1. The highest BCUT2D eigenvalue weighted by atomic mass is 35.5. The Morgan fingerprint density at radius 1 is 1.35 bits per heavy atom. The number of fused-ring (bicyclic) bond motifs is 1. The highest BCUT2D eigenvalue weighted by molar-refractivity contribution is 6.30. The highest BCUT2D eigenvalue weighted by Crippen LogP contribution is 2.42. The molecule has 2 aliphatic rings. The number of hydrogen-bond donors (Lipinski definition) is 1. The van der Waals surface area contributed by atoms with E-state index in [9.17, 15) is 9.90 Å². The number of aromatic nitrogens is 1. The molecule has 1 saturated heterocycles. The molecule has 2 atom stereocenters. The number of likely N-dealkylation sites (tertiary alicyclic amines) is 1. The van der Waals surface area contributed by atoms with Crippen molar-refractivity contribution in [2.45, 2.75) is 38.1 Å². The van der Waals surface area contributed by atoms with E-state index in [1.807, 2.05) is 0 Å². The zero-order valence-electron chi connectivity index (χ0n) is 21.0. The molecule has 0 bridgehead atoms. The van der Waals surface area contributed by atoms with Gasteiger partial charge in [0.25, 0.3) is 5.91 Å². The van der Waals surface area contributed by atoms with Crippen molar-refractivity contribution < 1.29 is 19.0 Å². The maximum atomic E-state index is 15.5. The second kappa shape index (κ2) is 11.6. The van der Waals surface area contributed by atoms with E-state index >= 15 is 4.39 Å². The number of benzene rings is 1. The number of allylic oxidation sites excluding steroid dienone is 1. The lowest BCUT2D eigenvalue weighted by Crippen LogP contribution is -2.42. The zero-order chi connectivity index (χ0) is 26.6. The number of carbonyl (C=O) groups is 1. The van der Waals surface area contributed by atoms with Crippen LogP contribution in [0.1, 0.15) is 53.2 Å². The molecule has 1 N–H and O–H groups in total. The number of amides is 1. The first-order valence-corrected chi connectivity index (χ1v) is 12.5. The van der Waals surface area contributed by atoms with Crippen LogP contribution in [-0.2, 0) is 16.9 Å². The Hall–Kier alpha value is -2.98. The lowest BCUT2D eigenvalue weighted by Gasteiger charge is -2.39. The van der Waals surface area contributed by atoms with Crippen LogP contribution in [-0.4, -0.2) is 65.6 Å². The SMILES string of the molecule is C=N/C=C\C=N/CN1CCC(C(C)(O)c2cc(F)c3c(c2)C(=O)N(Cc2ccc(Cl)cn2)[C@@H]3OC)CC1. The Morgan fingerprint density at radius 3 is 2.76 bits per heavy atom. The second-order valence-electron chi connectivity index (χ2n) is 9.45. The van der Waals surface area contributed by atoms with Crippen molar-refractivity contribution in [2.24, 2.45) is 15.9 Å². The van der Waals surface area contributed by atoms with E-state index in [-0.39, 0.29) is 29.5 Å². The third-order valence-corrected chi connectivity index (χ3v) is 7.35. The largest absolute Gasteiger partial charge is 0.385 e. The lowest BCUT2D eigenvalue weighted by atomic mass is 9.76. The van der Waals surface area contributed by atoms with Crippen molar-refractivity contribution >= 4 is 30.4 Å². The molecule has 2 aromatic rings. The predicted molar refractivity (Wildman–Crippen MR) is 141 cm³/mol. The van der Waals surface area contributed by atoms with E-state index in [0.29, 0.717) is 35.8 Å². The minimum atomic E-state index is -1.31. The van der Waals surface area contributed by atoms with Crippen LogP contribution < -0.4 is 0 Å². The molecule has 37 heavy (non-hydrogen) atoms. The fraction of sp³-hybridized carbons (Fsp3) is 0.407. The normalized spacial score (nSPS) is 20.6. The molecule has 2 aliphatic heterocycles. The summed E-state index contributed by atoms with van der Waals surface area (Å²) in [5.74, 6) is -1.05. The van der Waals surface area contributed by atoms with Gasteiger partial charge in [-0.3, -0.25) is 24.7 Å². The molecule has 0 saturated carbocycles. The van der Waals surface area contributed by atoms with Gasteiger partial charge in [0.15, 0.2) is 6.23 Å². The average Bonchev–Trinajstić information content (AvgIpc) is 3.16. The van der Waals surface area contributed by atoms with E-state index in [2.05, 4.69) is 26.6 Å². The first kappa shape index (κ1) is 27.1. The van der Waals surface area contributed by atoms with Crippen LogP contribution in [0, 0.1) is 11.7 Å². The van der Waals surface area contributed by atoms with Gasteiger partial charge in [-0.25, -0.2) is 4.39 Å². The number of nitrogens with zero attached hydrogens (tertiary/aromatic N) is 5. The van der Waals surface area contributed by atoms with Gasteiger partial charge < -0.3 is 14.7 Å². The summed E-state index contributed by atoms with van der Waals surface area (Å²) in [6.45, 7) is 7.26. The number of carbonyl (C=O) groups excluding carboxylic acids is 1. The van der Waals surface area contributed by atoms with Crippen LogP contribution in [0.25, 0.3) is 0 Å². The molecule has 0 radical (unpaired) electrons. The smallest absolute Gasteiger partial charge is 0.257 e. The van der Waals surface area contributed by atoms with E-state index in [1.165, 1.54) is 24.3 Å². The number of pyridine rings is 1. The summed E-state index contributed by atoms with van der Waals surface area (Å²) in [6.07, 6.45) is 7.01. The van der Waals surface area contributed by atoms with Gasteiger partial charge in [0, 0.05) is 44.4 Å². The minimum absolute atomic E-state index is 0.0980. The van der Waals surface area contributed by atoms with Gasteiger partial charge in [-0.1, -0.05) is 11.6 Å². The molecule has 1 unspecified atom stereocenters. The molecule has 8 nitrogen and oxygen atoms in total. The third-order valence-electron chi connectivity index (χ3n) is 7.13. The predicted octanol–water partition coefficient (Wildman–Crippen LogP) is 4.34. The van der Waals surface area contributed by atoms with Crippen molar-refractivity contribution in [3.8, 4) is 0 Å². The Kier molecular flexibility index (Phi) is 8.49. The number of aliphatic hydroxyl groups is 1. The van der Waals surface area contributed by atoms with Crippen LogP contribution in [0.15, 0.2) is 52.7 Å². The van der Waals surface area contributed by atoms with Crippen molar-refractivity contribution in [1.29, 1.82) is 0 Å². The van der Waals surface area contributed by atoms with Crippen molar-refractivity contribution in [1.82, 2.24) is 14.8 Å². The van der Waals surface area contributed by atoms with Crippen LogP contribution in [0.3, 0.4) is 0 Å². The molecule has 0 spiro atoms. The molecule has 0 aliphatic carbocycles. The Labute approximate surface area is 221 Å². The standard InChI is InChI=1S/C27H31ClFN5O3/c1-27(36,18-7-11-33(12-8-18)17-31-10-4-9-30-2)19-13-22-24(23(29)14-19)26(37-3)34(25(22)35)16-21-6-5-20(28)15-32-21/h4-6,9-10,13-15,18,26,36H,2,7-8,11-12,16-17H2,1,3H3/b9-4-,31-10-/t26-,27?/m1/s1. The number of halogens is 2. The monoisotopic (exact) mass is 527 g/mol. The number of aliphatic imine (C=N–C) groups is 2. The van der Waals surface area contributed by atoms with E-state index in [0.717, 1.165) is 13.1 Å². The fourth-order valence-corrected chi connectivity index (χ4v) is 5.14. The van der Waals surface area contributed by atoms with Crippen molar-refractivity contribution in [3.05, 3.63) is 76.0 Å². The van der Waals surface area contributed by atoms with Crippen molar-refractivity contribution in [2.75, 3.05) is 26.9 Å². The van der Waals surface area contributed by atoms with Crippen LogP contribution in [0.4, 0.5) is 4.39 Å². The van der Waals surface area contributed by atoms with Gasteiger partial charge in [0.2, 0.25) is 0 Å². The number of hydrogen-bond acceptors (Lipinski definition) is 7. The maximum Gasteiger partial charge on any atom is 0.257 e. The first-order valence-electron chi connectivity index (χ1n) is 12.1. The highest BCUT2D eigenvalue weighted by Gasteiger charge is 2.43. The van der Waals surface area contributed by atoms with Gasteiger partial charge in [-0.05, 0) is 68.3 Å². The molecular weight excluding hydrogens is 497 g/mol. The molecule has 1 amide bonds. The molecule has 10 heteroatoms. The number of methoxy groups -OCH3 is 1. The molecule has 4 rings (SSSR count). The summed E-state index contributed by atoms with van der Waals surface area (Å²) in [7, 11) is 1.43. The van der Waals surface area contributed by atoms with Crippen LogP contribution in [0.2, 0.25) is 5.02 Å². The number of rotatable bonds is 9. The third kappa shape index (κ3) is 5.80. The molecule has 1 aromatic carbocycles. The maximum absolute atomic E-state index is 15.5. The Morgan fingerprint density at radius 2 is 2.11 bits per heavy atom. The van der Waals surface area contributed by atoms with E-state index in [1.54, 1.807) is 43.6 Å². The van der Waals surface area contributed by atoms with E-state index in [4.69, 9.17) is 16.3 Å². The summed E-state index contributed by atoms with van der Waals surface area (Å²) in [6, 6.07) is 6.34. The molecule has 3 heterocycles. The Balaban J connectivity index is 1.50. The first-order chi connectivity index (χ1) is 17.8. The van der Waals surface area contributed by atoms with Crippen LogP contribution in [0.5, 0.6) is 0 Å².